The van der Waals surface area contributed by atoms with Crippen LogP contribution in [0.1, 0.15) is 24.0 Å². The van der Waals surface area contributed by atoms with Crippen LogP contribution >= 0.6 is 0 Å². The molecule has 1 spiro atoms. The van der Waals surface area contributed by atoms with Crippen molar-refractivity contribution in [3.63, 3.8) is 0 Å². The van der Waals surface area contributed by atoms with Gasteiger partial charge in [0.2, 0.25) is 5.91 Å². The van der Waals surface area contributed by atoms with Gasteiger partial charge in [-0.05, 0) is 30.4 Å². The van der Waals surface area contributed by atoms with Crippen LogP contribution in [0.25, 0.3) is 0 Å². The minimum atomic E-state index is -0.507. The van der Waals surface area contributed by atoms with E-state index in [0.717, 1.165) is 4.90 Å². The zero-order valence-corrected chi connectivity index (χ0v) is 13.9. The lowest BCUT2D eigenvalue weighted by molar-refractivity contribution is -0.138. The highest BCUT2D eigenvalue weighted by atomic mass is 16.3. The molecule has 7 heteroatoms. The van der Waals surface area contributed by atoms with E-state index >= 15 is 0 Å². The Balaban J connectivity index is 1.44. The summed E-state index contributed by atoms with van der Waals surface area (Å²) in [6, 6.07) is 7.61. The molecule has 132 valence electrons. The molecule has 3 aliphatic rings. The van der Waals surface area contributed by atoms with Gasteiger partial charge in [-0.25, -0.2) is 4.79 Å². The first-order valence-corrected chi connectivity index (χ1v) is 8.64. The van der Waals surface area contributed by atoms with Crippen LogP contribution in [0.15, 0.2) is 24.3 Å². The van der Waals surface area contributed by atoms with Gasteiger partial charge in [0.15, 0.2) is 0 Å². The van der Waals surface area contributed by atoms with Crippen LogP contribution in [0.4, 0.5) is 4.79 Å². The predicted molar refractivity (Wildman–Crippen MR) is 88.8 cm³/mol. The second kappa shape index (κ2) is 5.84. The lowest BCUT2D eigenvalue weighted by atomic mass is 9.72. The number of benzene rings is 1. The average molecular weight is 343 g/mol. The van der Waals surface area contributed by atoms with Gasteiger partial charge in [-0.3, -0.25) is 14.5 Å². The minimum absolute atomic E-state index is 0.0435. The average Bonchev–Trinajstić information content (AvgIpc) is 3.07. The zero-order chi connectivity index (χ0) is 17.6. The van der Waals surface area contributed by atoms with Gasteiger partial charge < -0.3 is 15.3 Å². The van der Waals surface area contributed by atoms with E-state index in [4.69, 9.17) is 0 Å². The molecule has 2 aliphatic heterocycles. The van der Waals surface area contributed by atoms with E-state index < -0.39 is 12.1 Å². The summed E-state index contributed by atoms with van der Waals surface area (Å²) in [7, 11) is 0. The van der Waals surface area contributed by atoms with Crippen LogP contribution in [0, 0.1) is 0 Å². The first kappa shape index (κ1) is 16.1. The lowest BCUT2D eigenvalue weighted by Gasteiger charge is -2.42. The van der Waals surface area contributed by atoms with Crippen LogP contribution in [-0.4, -0.2) is 65.0 Å². The van der Waals surface area contributed by atoms with Crippen molar-refractivity contribution < 1.29 is 19.5 Å². The molecule has 4 amide bonds. The number of urea groups is 1. The SMILES string of the molecule is O=C(CN1C(=O)CNC1=O)N1CCC2(CC1)c1ccccc1C[C@H]2O. The van der Waals surface area contributed by atoms with Gasteiger partial charge in [0, 0.05) is 18.5 Å². The number of nitrogens with one attached hydrogen (secondary N) is 1. The number of aliphatic hydroxyl groups excluding tert-OH is 1. The number of aliphatic hydroxyl groups is 1. The number of hydrogen-bond acceptors (Lipinski definition) is 4. The van der Waals surface area contributed by atoms with Crippen LogP contribution in [0.5, 0.6) is 0 Å². The molecule has 25 heavy (non-hydrogen) atoms. The van der Waals surface area contributed by atoms with Gasteiger partial charge in [0.25, 0.3) is 5.91 Å². The summed E-state index contributed by atoms with van der Waals surface area (Å²) >= 11 is 0. The molecule has 0 saturated carbocycles. The molecule has 4 rings (SSSR count). The smallest absolute Gasteiger partial charge is 0.325 e. The Hall–Kier alpha value is -2.41. The number of likely N-dealkylation sites (tertiary alicyclic amines) is 1. The third kappa shape index (κ3) is 2.50. The molecule has 0 radical (unpaired) electrons. The van der Waals surface area contributed by atoms with E-state index in [1.54, 1.807) is 4.90 Å². The molecule has 1 aliphatic carbocycles. The van der Waals surface area contributed by atoms with Crippen molar-refractivity contribution in [1.29, 1.82) is 0 Å². The Morgan fingerprint density at radius 2 is 1.96 bits per heavy atom. The molecular weight excluding hydrogens is 322 g/mol. The Labute approximate surface area is 145 Å². The molecule has 1 aromatic rings. The van der Waals surface area contributed by atoms with Crippen molar-refractivity contribution in [2.45, 2.75) is 30.8 Å². The highest BCUT2D eigenvalue weighted by Gasteiger charge is 2.48. The van der Waals surface area contributed by atoms with Crippen LogP contribution in [0.3, 0.4) is 0 Å². The molecule has 7 nitrogen and oxygen atoms in total. The quantitative estimate of drug-likeness (QED) is 0.741. The molecule has 0 bridgehead atoms. The Kier molecular flexibility index (Phi) is 3.76. The summed E-state index contributed by atoms with van der Waals surface area (Å²) in [5.74, 6) is -0.590. The molecule has 2 heterocycles. The summed E-state index contributed by atoms with van der Waals surface area (Å²) in [5, 5.41) is 13.1. The highest BCUT2D eigenvalue weighted by Crippen LogP contribution is 2.46. The third-order valence-corrected chi connectivity index (χ3v) is 5.84. The fourth-order valence-corrected chi connectivity index (χ4v) is 4.38. The first-order chi connectivity index (χ1) is 12.0. The van der Waals surface area contributed by atoms with Crippen molar-refractivity contribution in [1.82, 2.24) is 15.1 Å². The molecule has 2 N–H and O–H groups in total. The largest absolute Gasteiger partial charge is 0.392 e. The number of piperidine rings is 1. The number of hydrogen-bond donors (Lipinski definition) is 2. The highest BCUT2D eigenvalue weighted by molar-refractivity contribution is 6.04. The maximum absolute atomic E-state index is 12.5. The topological polar surface area (TPSA) is 90.0 Å². The summed E-state index contributed by atoms with van der Waals surface area (Å²) < 4.78 is 0. The molecular formula is C18H21N3O4. The van der Waals surface area contributed by atoms with Gasteiger partial charge in [0.05, 0.1) is 12.6 Å². The van der Waals surface area contributed by atoms with Gasteiger partial charge in [0.1, 0.15) is 6.54 Å². The maximum Gasteiger partial charge on any atom is 0.325 e. The van der Waals surface area contributed by atoms with Gasteiger partial charge >= 0.3 is 6.03 Å². The summed E-state index contributed by atoms with van der Waals surface area (Å²) in [6.45, 7) is 0.788. The number of fused-ring (bicyclic) bond motifs is 2. The van der Waals surface area contributed by atoms with Gasteiger partial charge in [-0.2, -0.15) is 0 Å². The second-order valence-electron chi connectivity index (χ2n) is 7.05. The lowest BCUT2D eigenvalue weighted by Crippen LogP contribution is -2.51. The van der Waals surface area contributed by atoms with Crippen molar-refractivity contribution in [3.05, 3.63) is 35.4 Å². The Bertz CT molecular complexity index is 724. The van der Waals surface area contributed by atoms with Crippen LogP contribution in [0.2, 0.25) is 0 Å². The molecule has 0 unspecified atom stereocenters. The summed E-state index contributed by atoms with van der Waals surface area (Å²) in [6.07, 6.45) is 1.62. The fraction of sp³-hybridized carbons (Fsp3) is 0.500. The normalized spacial score (nSPS) is 24.6. The monoisotopic (exact) mass is 343 g/mol. The van der Waals surface area contributed by atoms with Gasteiger partial charge in [-0.15, -0.1) is 0 Å². The predicted octanol–water partition coefficient (Wildman–Crippen LogP) is 0.0156. The van der Waals surface area contributed by atoms with Crippen molar-refractivity contribution >= 4 is 17.8 Å². The van der Waals surface area contributed by atoms with E-state index in [9.17, 15) is 19.5 Å². The summed E-state index contributed by atoms with van der Waals surface area (Å²) in [5.41, 5.74) is 2.10. The number of nitrogens with zero attached hydrogens (tertiary/aromatic N) is 2. The number of carbonyl (C=O) groups is 3. The maximum atomic E-state index is 12.5. The number of imide groups is 1. The number of amides is 4. The van der Waals surface area contributed by atoms with E-state index in [2.05, 4.69) is 17.4 Å². The summed E-state index contributed by atoms with van der Waals surface area (Å²) in [4.78, 5) is 38.3. The van der Waals surface area contributed by atoms with E-state index in [1.807, 2.05) is 12.1 Å². The zero-order valence-electron chi connectivity index (χ0n) is 13.9. The van der Waals surface area contributed by atoms with Crippen LogP contribution in [-0.2, 0) is 21.4 Å². The Morgan fingerprint density at radius 1 is 1.24 bits per heavy atom. The van der Waals surface area contributed by atoms with E-state index in [0.29, 0.717) is 32.4 Å². The van der Waals surface area contributed by atoms with Gasteiger partial charge in [-0.1, -0.05) is 24.3 Å². The number of rotatable bonds is 2. The molecule has 0 aromatic heterocycles. The Morgan fingerprint density at radius 3 is 2.64 bits per heavy atom. The van der Waals surface area contributed by atoms with Crippen molar-refractivity contribution in [2.24, 2.45) is 0 Å². The molecule has 2 fully saturated rings. The van der Waals surface area contributed by atoms with Crippen molar-refractivity contribution in [2.75, 3.05) is 26.2 Å². The van der Waals surface area contributed by atoms with E-state index in [1.165, 1.54) is 11.1 Å². The number of carbonyl (C=O) groups excluding carboxylic acids is 3. The molecule has 2 saturated heterocycles. The van der Waals surface area contributed by atoms with Crippen LogP contribution < -0.4 is 5.32 Å². The third-order valence-electron chi connectivity index (χ3n) is 5.84. The molecule has 1 atom stereocenters. The minimum Gasteiger partial charge on any atom is -0.392 e. The fourth-order valence-electron chi connectivity index (χ4n) is 4.38. The second-order valence-corrected chi connectivity index (χ2v) is 7.05. The van der Waals surface area contributed by atoms with Crippen molar-refractivity contribution in [3.8, 4) is 0 Å². The van der Waals surface area contributed by atoms with E-state index in [-0.39, 0.29) is 30.3 Å². The molecule has 1 aromatic carbocycles. The standard InChI is InChI=1S/C18H21N3O4/c22-14-9-12-3-1-2-4-13(12)18(14)5-7-20(8-6-18)16(24)11-21-15(23)10-19-17(21)25/h1-4,14,22H,5-11H2,(H,19,25)/t14-/m1/s1. The first-order valence-electron chi connectivity index (χ1n) is 8.64.